The number of nitrogen functional groups attached to an aromatic ring is 1. The SMILES string of the molecule is Cc1ccc(Br)c(Nc2cc(Cl)c(N)cc2C)c1. The van der Waals surface area contributed by atoms with E-state index in [0.717, 1.165) is 21.4 Å². The molecule has 18 heavy (non-hydrogen) atoms. The minimum Gasteiger partial charge on any atom is -0.398 e. The van der Waals surface area contributed by atoms with Gasteiger partial charge in [0, 0.05) is 10.2 Å². The number of aryl methyl sites for hydroxylation is 2. The molecule has 94 valence electrons. The molecule has 0 radical (unpaired) electrons. The van der Waals surface area contributed by atoms with Gasteiger partial charge in [0.15, 0.2) is 0 Å². The summed E-state index contributed by atoms with van der Waals surface area (Å²) in [6, 6.07) is 9.87. The summed E-state index contributed by atoms with van der Waals surface area (Å²) in [7, 11) is 0. The van der Waals surface area contributed by atoms with Crippen molar-refractivity contribution in [3.05, 3.63) is 51.0 Å². The molecule has 0 aromatic heterocycles. The van der Waals surface area contributed by atoms with Crippen LogP contribution in [0.4, 0.5) is 17.1 Å². The summed E-state index contributed by atoms with van der Waals surface area (Å²) in [5.41, 5.74) is 10.6. The number of halogens is 2. The zero-order valence-corrected chi connectivity index (χ0v) is 12.6. The largest absolute Gasteiger partial charge is 0.398 e. The Morgan fingerprint density at radius 2 is 1.83 bits per heavy atom. The third kappa shape index (κ3) is 2.79. The Morgan fingerprint density at radius 1 is 1.11 bits per heavy atom. The van der Waals surface area contributed by atoms with Crippen LogP contribution in [0, 0.1) is 13.8 Å². The molecule has 2 rings (SSSR count). The first-order valence-corrected chi connectivity index (χ1v) is 6.73. The van der Waals surface area contributed by atoms with Crippen molar-refractivity contribution >= 4 is 44.6 Å². The average molecular weight is 326 g/mol. The summed E-state index contributed by atoms with van der Waals surface area (Å²) < 4.78 is 1.01. The molecule has 0 aliphatic rings. The zero-order valence-electron chi connectivity index (χ0n) is 10.2. The van der Waals surface area contributed by atoms with Crippen LogP contribution < -0.4 is 11.1 Å². The van der Waals surface area contributed by atoms with Gasteiger partial charge in [-0.2, -0.15) is 0 Å². The van der Waals surface area contributed by atoms with E-state index in [4.69, 9.17) is 17.3 Å². The molecule has 0 aliphatic heterocycles. The lowest BCUT2D eigenvalue weighted by atomic mass is 10.1. The molecule has 0 bridgehead atoms. The lowest BCUT2D eigenvalue weighted by Gasteiger charge is -2.13. The Morgan fingerprint density at radius 3 is 2.56 bits per heavy atom. The molecule has 0 spiro atoms. The Balaban J connectivity index is 2.40. The number of nitrogens with one attached hydrogen (secondary N) is 1. The van der Waals surface area contributed by atoms with E-state index >= 15 is 0 Å². The van der Waals surface area contributed by atoms with Crippen LogP contribution in [-0.2, 0) is 0 Å². The van der Waals surface area contributed by atoms with Crippen LogP contribution in [0.2, 0.25) is 5.02 Å². The Bertz CT molecular complexity index is 597. The van der Waals surface area contributed by atoms with E-state index in [9.17, 15) is 0 Å². The molecule has 0 heterocycles. The lowest BCUT2D eigenvalue weighted by Crippen LogP contribution is -1.97. The van der Waals surface area contributed by atoms with Crippen LogP contribution >= 0.6 is 27.5 Å². The van der Waals surface area contributed by atoms with Gasteiger partial charge in [0.2, 0.25) is 0 Å². The van der Waals surface area contributed by atoms with Crippen molar-refractivity contribution in [2.24, 2.45) is 0 Å². The van der Waals surface area contributed by atoms with Crippen LogP contribution in [0.5, 0.6) is 0 Å². The van der Waals surface area contributed by atoms with Gasteiger partial charge in [-0.15, -0.1) is 0 Å². The van der Waals surface area contributed by atoms with Gasteiger partial charge in [0.25, 0.3) is 0 Å². The predicted molar refractivity (Wildman–Crippen MR) is 82.8 cm³/mol. The first-order valence-electron chi connectivity index (χ1n) is 5.56. The molecule has 0 amide bonds. The highest BCUT2D eigenvalue weighted by molar-refractivity contribution is 9.10. The van der Waals surface area contributed by atoms with Crippen LogP contribution in [0.1, 0.15) is 11.1 Å². The van der Waals surface area contributed by atoms with Crippen LogP contribution in [0.15, 0.2) is 34.8 Å². The molecule has 0 unspecified atom stereocenters. The van der Waals surface area contributed by atoms with Crippen molar-refractivity contribution in [1.82, 2.24) is 0 Å². The van der Waals surface area contributed by atoms with Gasteiger partial charge in [-0.1, -0.05) is 17.7 Å². The number of hydrogen-bond acceptors (Lipinski definition) is 2. The highest BCUT2D eigenvalue weighted by Gasteiger charge is 2.06. The topological polar surface area (TPSA) is 38.0 Å². The molecule has 0 atom stereocenters. The highest BCUT2D eigenvalue weighted by Crippen LogP contribution is 2.32. The van der Waals surface area contributed by atoms with E-state index in [-0.39, 0.29) is 0 Å². The van der Waals surface area contributed by atoms with Crippen LogP contribution in [0.3, 0.4) is 0 Å². The van der Waals surface area contributed by atoms with Gasteiger partial charge < -0.3 is 11.1 Å². The minimum atomic E-state index is 0.562. The molecule has 2 nitrogen and oxygen atoms in total. The number of benzene rings is 2. The Labute approximate surface area is 120 Å². The second-order valence-electron chi connectivity index (χ2n) is 4.30. The van der Waals surface area contributed by atoms with Crippen molar-refractivity contribution in [2.45, 2.75) is 13.8 Å². The zero-order chi connectivity index (χ0) is 13.3. The lowest BCUT2D eigenvalue weighted by molar-refractivity contribution is 1.40. The monoisotopic (exact) mass is 324 g/mol. The fourth-order valence-electron chi connectivity index (χ4n) is 1.72. The molecular formula is C14H14BrClN2. The third-order valence-corrected chi connectivity index (χ3v) is 3.75. The molecule has 0 aliphatic carbocycles. The van der Waals surface area contributed by atoms with Gasteiger partial charge in [0.05, 0.1) is 16.4 Å². The maximum atomic E-state index is 6.05. The van der Waals surface area contributed by atoms with E-state index in [2.05, 4.69) is 40.3 Å². The fraction of sp³-hybridized carbons (Fsp3) is 0.143. The first kappa shape index (κ1) is 13.2. The first-order chi connectivity index (χ1) is 8.47. The van der Waals surface area contributed by atoms with Crippen molar-refractivity contribution < 1.29 is 0 Å². The van der Waals surface area contributed by atoms with Crippen LogP contribution in [-0.4, -0.2) is 0 Å². The van der Waals surface area contributed by atoms with Crippen molar-refractivity contribution in [1.29, 1.82) is 0 Å². The smallest absolute Gasteiger partial charge is 0.0656 e. The standard InChI is InChI=1S/C14H14BrClN2/c1-8-3-4-10(15)14(5-8)18-13-7-11(16)12(17)6-9(13)2/h3-7,18H,17H2,1-2H3. The maximum Gasteiger partial charge on any atom is 0.0656 e. The van der Waals surface area contributed by atoms with Gasteiger partial charge in [0.1, 0.15) is 0 Å². The van der Waals surface area contributed by atoms with Gasteiger partial charge in [-0.05, 0) is 65.2 Å². The minimum absolute atomic E-state index is 0.562. The Hall–Kier alpha value is -1.19. The van der Waals surface area contributed by atoms with Crippen molar-refractivity contribution in [3.8, 4) is 0 Å². The third-order valence-electron chi connectivity index (χ3n) is 2.73. The van der Waals surface area contributed by atoms with Crippen molar-refractivity contribution in [3.63, 3.8) is 0 Å². The summed E-state index contributed by atoms with van der Waals surface area (Å²) in [6.07, 6.45) is 0. The second-order valence-corrected chi connectivity index (χ2v) is 5.56. The number of hydrogen-bond donors (Lipinski definition) is 2. The van der Waals surface area contributed by atoms with E-state index < -0.39 is 0 Å². The summed E-state index contributed by atoms with van der Waals surface area (Å²) >= 11 is 9.57. The second kappa shape index (κ2) is 5.21. The molecule has 0 saturated heterocycles. The molecule has 3 N–H and O–H groups in total. The maximum absolute atomic E-state index is 6.05. The molecular weight excluding hydrogens is 312 g/mol. The summed E-state index contributed by atoms with van der Waals surface area (Å²) in [5.74, 6) is 0. The van der Waals surface area contributed by atoms with Gasteiger partial charge >= 0.3 is 0 Å². The van der Waals surface area contributed by atoms with E-state index in [0.29, 0.717) is 10.7 Å². The van der Waals surface area contributed by atoms with Gasteiger partial charge in [-0.25, -0.2) is 0 Å². The van der Waals surface area contributed by atoms with Crippen molar-refractivity contribution in [2.75, 3.05) is 11.1 Å². The van der Waals surface area contributed by atoms with Crippen LogP contribution in [0.25, 0.3) is 0 Å². The number of rotatable bonds is 2. The summed E-state index contributed by atoms with van der Waals surface area (Å²) in [5, 5.41) is 3.92. The molecule has 4 heteroatoms. The summed E-state index contributed by atoms with van der Waals surface area (Å²) in [4.78, 5) is 0. The quantitative estimate of drug-likeness (QED) is 0.759. The molecule has 0 saturated carbocycles. The normalized spacial score (nSPS) is 10.4. The van der Waals surface area contributed by atoms with E-state index in [1.807, 2.05) is 25.1 Å². The molecule has 2 aromatic carbocycles. The molecule has 2 aromatic rings. The van der Waals surface area contributed by atoms with Gasteiger partial charge in [-0.3, -0.25) is 0 Å². The number of nitrogens with two attached hydrogens (primary N) is 1. The predicted octanol–water partition coefficient (Wildman–Crippen LogP) is 5.05. The fourth-order valence-corrected chi connectivity index (χ4v) is 2.23. The average Bonchev–Trinajstić information content (AvgIpc) is 2.30. The summed E-state index contributed by atoms with van der Waals surface area (Å²) in [6.45, 7) is 4.05. The van der Waals surface area contributed by atoms with E-state index in [1.165, 1.54) is 5.56 Å². The molecule has 0 fully saturated rings. The Kier molecular flexibility index (Phi) is 3.83. The highest BCUT2D eigenvalue weighted by atomic mass is 79.9. The van der Waals surface area contributed by atoms with E-state index in [1.54, 1.807) is 0 Å². The number of anilines is 3.